The van der Waals surface area contributed by atoms with E-state index in [4.69, 9.17) is 0 Å². The molecule has 7 heteroatoms. The van der Waals surface area contributed by atoms with Crippen molar-refractivity contribution in [3.8, 4) is 11.3 Å². The first-order chi connectivity index (χ1) is 11.1. The molecule has 1 aromatic carbocycles. The van der Waals surface area contributed by atoms with Crippen LogP contribution in [-0.2, 0) is 9.59 Å². The zero-order valence-corrected chi connectivity index (χ0v) is 15.4. The Hall–Kier alpha value is -1.48. The van der Waals surface area contributed by atoms with Gasteiger partial charge in [-0.05, 0) is 47.6 Å². The molecule has 0 atom stereocenters. The Morgan fingerprint density at radius 2 is 2.09 bits per heavy atom. The van der Waals surface area contributed by atoms with E-state index >= 15 is 0 Å². The van der Waals surface area contributed by atoms with Crippen LogP contribution in [0.15, 0.2) is 29.6 Å². The Morgan fingerprint density at radius 3 is 2.83 bits per heavy atom. The van der Waals surface area contributed by atoms with Crippen molar-refractivity contribution in [2.24, 2.45) is 0 Å². The van der Waals surface area contributed by atoms with Crippen LogP contribution in [-0.4, -0.2) is 34.8 Å². The minimum Gasteiger partial charge on any atom is -0.333 e. The molecular formula is C16H16IN3O2S. The van der Waals surface area contributed by atoms with Gasteiger partial charge in [-0.3, -0.25) is 9.59 Å². The van der Waals surface area contributed by atoms with Crippen molar-refractivity contribution in [3.05, 3.63) is 33.2 Å². The molecule has 1 aliphatic heterocycles. The van der Waals surface area contributed by atoms with Crippen molar-refractivity contribution >= 4 is 50.9 Å². The zero-order valence-electron chi connectivity index (χ0n) is 12.4. The maximum absolute atomic E-state index is 12.1. The summed E-state index contributed by atoms with van der Waals surface area (Å²) in [5.41, 5.74) is 1.86. The highest BCUT2D eigenvalue weighted by Gasteiger charge is 2.20. The number of piperidine rings is 1. The number of likely N-dealkylation sites (tertiary alicyclic amines) is 1. The summed E-state index contributed by atoms with van der Waals surface area (Å²) in [6, 6.07) is 8.06. The number of carbonyl (C=O) groups is 2. The van der Waals surface area contributed by atoms with Crippen LogP contribution < -0.4 is 5.32 Å². The van der Waals surface area contributed by atoms with Gasteiger partial charge in [0, 0.05) is 27.5 Å². The third-order valence-electron chi connectivity index (χ3n) is 3.65. The van der Waals surface area contributed by atoms with Crippen molar-refractivity contribution < 1.29 is 9.59 Å². The first-order valence-corrected chi connectivity index (χ1v) is 9.37. The van der Waals surface area contributed by atoms with E-state index in [0.717, 1.165) is 24.1 Å². The van der Waals surface area contributed by atoms with Gasteiger partial charge >= 0.3 is 0 Å². The number of hydrogen-bond acceptors (Lipinski definition) is 4. The lowest BCUT2D eigenvalue weighted by atomic mass is 10.1. The molecule has 0 bridgehead atoms. The van der Waals surface area contributed by atoms with E-state index in [1.54, 1.807) is 4.90 Å². The van der Waals surface area contributed by atoms with E-state index in [-0.39, 0.29) is 18.4 Å². The number of carbonyl (C=O) groups excluding carboxylic acids is 2. The van der Waals surface area contributed by atoms with Crippen LogP contribution in [0.25, 0.3) is 11.3 Å². The highest BCUT2D eigenvalue weighted by molar-refractivity contribution is 14.1. The number of nitrogens with one attached hydrogen (secondary N) is 1. The zero-order chi connectivity index (χ0) is 16.2. The van der Waals surface area contributed by atoms with Crippen molar-refractivity contribution in [3.63, 3.8) is 0 Å². The molecule has 0 unspecified atom stereocenters. The summed E-state index contributed by atoms with van der Waals surface area (Å²) in [7, 11) is 0. The molecule has 1 aromatic heterocycles. The number of benzene rings is 1. The summed E-state index contributed by atoms with van der Waals surface area (Å²) in [5.74, 6) is -0.131. The third-order valence-corrected chi connectivity index (χ3v) is 5.12. The molecule has 3 rings (SSSR count). The van der Waals surface area contributed by atoms with E-state index in [9.17, 15) is 9.59 Å². The molecule has 5 nitrogen and oxygen atoms in total. The van der Waals surface area contributed by atoms with Crippen LogP contribution in [0.3, 0.4) is 0 Å². The van der Waals surface area contributed by atoms with Gasteiger partial charge in [0.15, 0.2) is 5.13 Å². The topological polar surface area (TPSA) is 62.3 Å². The Bertz CT molecular complexity index is 714. The van der Waals surface area contributed by atoms with Gasteiger partial charge in [0.2, 0.25) is 11.8 Å². The number of anilines is 1. The van der Waals surface area contributed by atoms with Gasteiger partial charge in [-0.2, -0.15) is 0 Å². The van der Waals surface area contributed by atoms with Crippen molar-refractivity contribution in [1.82, 2.24) is 9.88 Å². The first kappa shape index (κ1) is 16.4. The number of nitrogens with zero attached hydrogens (tertiary/aromatic N) is 2. The fourth-order valence-electron chi connectivity index (χ4n) is 2.45. The molecule has 120 valence electrons. The van der Waals surface area contributed by atoms with Crippen LogP contribution in [0, 0.1) is 3.57 Å². The molecule has 1 saturated heterocycles. The second-order valence-electron chi connectivity index (χ2n) is 5.37. The summed E-state index contributed by atoms with van der Waals surface area (Å²) in [6.45, 7) is 0.773. The molecule has 2 heterocycles. The lowest BCUT2D eigenvalue weighted by Crippen LogP contribution is -2.40. The predicted molar refractivity (Wildman–Crippen MR) is 99.3 cm³/mol. The molecule has 2 amide bonds. The lowest BCUT2D eigenvalue weighted by molar-refractivity contribution is -0.136. The Balaban J connectivity index is 1.61. The SMILES string of the molecule is O=C(CN1CCCCC1=O)Nc1nc(-c2ccc(I)cc2)cs1. The van der Waals surface area contributed by atoms with E-state index in [0.29, 0.717) is 18.1 Å². The fraction of sp³-hybridized carbons (Fsp3) is 0.312. The fourth-order valence-corrected chi connectivity index (χ4v) is 3.54. The highest BCUT2D eigenvalue weighted by Crippen LogP contribution is 2.25. The smallest absolute Gasteiger partial charge is 0.245 e. The Labute approximate surface area is 152 Å². The standard InChI is InChI=1S/C16H16IN3O2S/c17-12-6-4-11(5-7-12)13-10-23-16(18-13)19-14(21)9-20-8-2-1-3-15(20)22/h4-7,10H,1-3,8-9H2,(H,18,19,21). The van der Waals surface area contributed by atoms with Gasteiger partial charge in [-0.15, -0.1) is 11.3 Å². The van der Waals surface area contributed by atoms with Crippen molar-refractivity contribution in [1.29, 1.82) is 0 Å². The van der Waals surface area contributed by atoms with Crippen LogP contribution in [0.5, 0.6) is 0 Å². The molecule has 1 aliphatic rings. The monoisotopic (exact) mass is 441 g/mol. The van der Waals surface area contributed by atoms with E-state index in [2.05, 4.69) is 32.9 Å². The molecule has 0 aliphatic carbocycles. The molecule has 0 saturated carbocycles. The Morgan fingerprint density at radius 1 is 1.30 bits per heavy atom. The molecule has 23 heavy (non-hydrogen) atoms. The summed E-state index contributed by atoms with van der Waals surface area (Å²) < 4.78 is 1.17. The van der Waals surface area contributed by atoms with Gasteiger partial charge in [0.05, 0.1) is 12.2 Å². The molecular weight excluding hydrogens is 425 g/mol. The summed E-state index contributed by atoms with van der Waals surface area (Å²) in [5, 5.41) is 5.27. The number of halogens is 1. The third kappa shape index (κ3) is 4.29. The summed E-state index contributed by atoms with van der Waals surface area (Å²) in [4.78, 5) is 29.9. The van der Waals surface area contributed by atoms with E-state index < -0.39 is 0 Å². The molecule has 0 radical (unpaired) electrons. The number of aromatic nitrogens is 1. The predicted octanol–water partition coefficient (Wildman–Crippen LogP) is 3.37. The van der Waals surface area contributed by atoms with E-state index in [1.807, 2.05) is 29.6 Å². The minimum absolute atomic E-state index is 0.0603. The molecule has 2 aromatic rings. The van der Waals surface area contributed by atoms with Crippen LogP contribution in [0.1, 0.15) is 19.3 Å². The average molecular weight is 441 g/mol. The van der Waals surface area contributed by atoms with Crippen LogP contribution in [0.2, 0.25) is 0 Å². The first-order valence-electron chi connectivity index (χ1n) is 7.41. The summed E-state index contributed by atoms with van der Waals surface area (Å²) >= 11 is 3.65. The second-order valence-corrected chi connectivity index (χ2v) is 7.47. The largest absolute Gasteiger partial charge is 0.333 e. The quantitative estimate of drug-likeness (QED) is 0.741. The van der Waals surface area contributed by atoms with Gasteiger partial charge in [0.25, 0.3) is 0 Å². The molecule has 1 fully saturated rings. The van der Waals surface area contributed by atoms with E-state index in [1.165, 1.54) is 14.9 Å². The van der Waals surface area contributed by atoms with Gasteiger partial charge in [-0.25, -0.2) is 4.98 Å². The summed E-state index contributed by atoms with van der Waals surface area (Å²) in [6.07, 6.45) is 2.43. The molecule has 0 spiro atoms. The lowest BCUT2D eigenvalue weighted by Gasteiger charge is -2.25. The van der Waals surface area contributed by atoms with Crippen LogP contribution in [0.4, 0.5) is 5.13 Å². The van der Waals surface area contributed by atoms with Gasteiger partial charge < -0.3 is 10.2 Å². The highest BCUT2D eigenvalue weighted by atomic mass is 127. The second kappa shape index (κ2) is 7.39. The molecule has 1 N–H and O–H groups in total. The van der Waals surface area contributed by atoms with Crippen molar-refractivity contribution in [2.75, 3.05) is 18.4 Å². The normalized spacial score (nSPS) is 14.8. The maximum Gasteiger partial charge on any atom is 0.245 e. The number of hydrogen-bond donors (Lipinski definition) is 1. The number of amides is 2. The Kier molecular flexibility index (Phi) is 5.27. The van der Waals surface area contributed by atoms with Gasteiger partial charge in [-0.1, -0.05) is 12.1 Å². The number of thiazole rings is 1. The number of rotatable bonds is 4. The average Bonchev–Trinajstić information content (AvgIpc) is 2.98. The van der Waals surface area contributed by atoms with Gasteiger partial charge in [0.1, 0.15) is 0 Å². The maximum atomic E-state index is 12.1. The minimum atomic E-state index is -0.191. The van der Waals surface area contributed by atoms with Crippen molar-refractivity contribution in [2.45, 2.75) is 19.3 Å². The van der Waals surface area contributed by atoms with Crippen LogP contribution >= 0.6 is 33.9 Å².